The molecule has 1 aliphatic rings. The second-order valence-electron chi connectivity index (χ2n) is 8.32. The maximum atomic E-state index is 13.6. The highest BCUT2D eigenvalue weighted by Gasteiger charge is 2.40. The van der Waals surface area contributed by atoms with E-state index in [0.717, 1.165) is 0 Å². The standard InChI is InChI=1S/C21H26ClFN8O5S/c1-11(16(34-2)17-24-8-13(22)9-25-17)37(32,33)30-21-29-28-18(14-6-5-12(14)7-23)31(21)15-19(35-3)26-10-27-20(15)36-4/h8-12,14,16H,5-7H2,1-4H3,(H,29,30)/t11?,12-,14+,16?/m1/s1. The van der Waals surface area contributed by atoms with E-state index in [1.54, 1.807) is 0 Å². The summed E-state index contributed by atoms with van der Waals surface area (Å²) in [6.07, 6.45) is 4.21. The van der Waals surface area contributed by atoms with Crippen LogP contribution in [0.1, 0.15) is 43.4 Å². The minimum atomic E-state index is -4.18. The third-order valence-electron chi connectivity index (χ3n) is 6.30. The lowest BCUT2D eigenvalue weighted by Gasteiger charge is -2.34. The number of halogens is 2. The third kappa shape index (κ3) is 5.15. The fourth-order valence-electron chi connectivity index (χ4n) is 4.11. The monoisotopic (exact) mass is 556 g/mol. The van der Waals surface area contributed by atoms with Crippen molar-refractivity contribution in [3.05, 3.63) is 35.4 Å². The molecule has 1 aliphatic carbocycles. The summed E-state index contributed by atoms with van der Waals surface area (Å²) in [5.41, 5.74) is 0.173. The zero-order valence-corrected chi connectivity index (χ0v) is 22.1. The average Bonchev–Trinajstić information content (AvgIpc) is 3.25. The van der Waals surface area contributed by atoms with Gasteiger partial charge in [-0.05, 0) is 25.7 Å². The fraction of sp³-hybridized carbons (Fsp3) is 0.524. The number of hydrogen-bond donors (Lipinski definition) is 1. The van der Waals surface area contributed by atoms with Crippen LogP contribution in [0.25, 0.3) is 5.69 Å². The average molecular weight is 557 g/mol. The molecule has 3 aromatic heterocycles. The van der Waals surface area contributed by atoms with Crippen LogP contribution in [-0.2, 0) is 14.8 Å². The summed E-state index contributed by atoms with van der Waals surface area (Å²) in [6, 6.07) is 0. The van der Waals surface area contributed by atoms with Crippen molar-refractivity contribution in [2.75, 3.05) is 32.7 Å². The van der Waals surface area contributed by atoms with Gasteiger partial charge < -0.3 is 14.2 Å². The maximum absolute atomic E-state index is 13.6. The molecule has 13 nitrogen and oxygen atoms in total. The van der Waals surface area contributed by atoms with Crippen molar-refractivity contribution in [1.29, 1.82) is 0 Å². The molecule has 1 saturated carbocycles. The van der Waals surface area contributed by atoms with Crippen LogP contribution in [0.4, 0.5) is 10.3 Å². The van der Waals surface area contributed by atoms with Crippen LogP contribution in [-0.4, -0.2) is 76.4 Å². The molecule has 4 atom stereocenters. The van der Waals surface area contributed by atoms with E-state index in [1.165, 1.54) is 51.5 Å². The van der Waals surface area contributed by atoms with Gasteiger partial charge in [-0.25, -0.2) is 18.4 Å². The minimum absolute atomic E-state index is 0.0850. The van der Waals surface area contributed by atoms with E-state index in [1.807, 2.05) is 0 Å². The number of rotatable bonds is 11. The van der Waals surface area contributed by atoms with Gasteiger partial charge in [0, 0.05) is 25.4 Å². The Kier molecular flexibility index (Phi) is 8.04. The first-order valence-electron chi connectivity index (χ1n) is 11.2. The molecular formula is C21H26ClFN8O5S. The van der Waals surface area contributed by atoms with Crippen molar-refractivity contribution >= 4 is 27.6 Å². The molecule has 0 radical (unpaired) electrons. The molecule has 0 bridgehead atoms. The van der Waals surface area contributed by atoms with Crippen LogP contribution in [0, 0.1) is 5.92 Å². The Morgan fingerprint density at radius 2 is 1.76 bits per heavy atom. The van der Waals surface area contributed by atoms with Crippen LogP contribution in [0.5, 0.6) is 11.8 Å². The van der Waals surface area contributed by atoms with Gasteiger partial charge in [0.2, 0.25) is 27.7 Å². The fourth-order valence-corrected chi connectivity index (χ4v) is 5.34. The number of anilines is 1. The molecule has 3 aromatic rings. The van der Waals surface area contributed by atoms with Crippen molar-refractivity contribution in [3.8, 4) is 17.4 Å². The Hall–Kier alpha value is -3.17. The van der Waals surface area contributed by atoms with E-state index in [-0.39, 0.29) is 41.1 Å². The largest absolute Gasteiger partial charge is 0.479 e. The highest BCUT2D eigenvalue weighted by molar-refractivity contribution is 7.93. The Morgan fingerprint density at radius 3 is 2.27 bits per heavy atom. The molecular weight excluding hydrogens is 531 g/mol. The number of ether oxygens (including phenoxy) is 3. The van der Waals surface area contributed by atoms with Crippen LogP contribution >= 0.6 is 11.6 Å². The second-order valence-corrected chi connectivity index (χ2v) is 10.8. The third-order valence-corrected chi connectivity index (χ3v) is 8.19. The zero-order chi connectivity index (χ0) is 26.7. The highest BCUT2D eigenvalue weighted by atomic mass is 35.5. The van der Waals surface area contributed by atoms with Gasteiger partial charge >= 0.3 is 0 Å². The van der Waals surface area contributed by atoms with Gasteiger partial charge in [-0.2, -0.15) is 9.97 Å². The van der Waals surface area contributed by atoms with Gasteiger partial charge in [-0.15, -0.1) is 10.2 Å². The minimum Gasteiger partial charge on any atom is -0.479 e. The van der Waals surface area contributed by atoms with Crippen LogP contribution in [0.3, 0.4) is 0 Å². The predicted molar refractivity (Wildman–Crippen MR) is 130 cm³/mol. The van der Waals surface area contributed by atoms with E-state index in [9.17, 15) is 12.8 Å². The summed E-state index contributed by atoms with van der Waals surface area (Å²) >= 11 is 5.86. The SMILES string of the molecule is COc1ncnc(OC)c1-n1c(NS(=O)(=O)C(C)C(OC)c2ncc(Cl)cn2)nnc1[C@H]1CC[C@@H]1CF. The normalized spacial score (nSPS) is 19.1. The van der Waals surface area contributed by atoms with Gasteiger partial charge in [-0.3, -0.25) is 13.7 Å². The van der Waals surface area contributed by atoms with E-state index in [2.05, 4.69) is 34.9 Å². The molecule has 0 aromatic carbocycles. The van der Waals surface area contributed by atoms with E-state index in [0.29, 0.717) is 23.7 Å². The molecule has 200 valence electrons. The Labute approximate surface area is 217 Å². The number of nitrogens with one attached hydrogen (secondary N) is 1. The molecule has 0 spiro atoms. The molecule has 3 heterocycles. The summed E-state index contributed by atoms with van der Waals surface area (Å²) in [7, 11) is -0.0472. The van der Waals surface area contributed by atoms with E-state index in [4.69, 9.17) is 25.8 Å². The highest BCUT2D eigenvalue weighted by Crippen LogP contribution is 2.45. The Balaban J connectivity index is 1.78. The molecule has 2 unspecified atom stereocenters. The first-order chi connectivity index (χ1) is 17.7. The summed E-state index contributed by atoms with van der Waals surface area (Å²) < 4.78 is 60.7. The van der Waals surface area contributed by atoms with Gasteiger partial charge in [0.1, 0.15) is 23.5 Å². The van der Waals surface area contributed by atoms with Crippen molar-refractivity contribution in [2.24, 2.45) is 5.92 Å². The van der Waals surface area contributed by atoms with Gasteiger partial charge in [0.05, 0.1) is 25.9 Å². The number of sulfonamides is 1. The first kappa shape index (κ1) is 26.9. The molecule has 4 rings (SSSR count). The van der Waals surface area contributed by atoms with Crippen molar-refractivity contribution in [3.63, 3.8) is 0 Å². The zero-order valence-electron chi connectivity index (χ0n) is 20.5. The van der Waals surface area contributed by atoms with Crippen LogP contribution < -0.4 is 14.2 Å². The summed E-state index contributed by atoms with van der Waals surface area (Å²) in [4.78, 5) is 16.4. The van der Waals surface area contributed by atoms with Crippen molar-refractivity contribution in [1.82, 2.24) is 34.7 Å². The van der Waals surface area contributed by atoms with E-state index >= 15 is 0 Å². The van der Waals surface area contributed by atoms with Crippen LogP contribution in [0.2, 0.25) is 5.02 Å². The Bertz CT molecular complexity index is 1320. The lowest BCUT2D eigenvalue weighted by Crippen LogP contribution is -2.34. The number of hydrogen-bond acceptors (Lipinski definition) is 11. The van der Waals surface area contributed by atoms with E-state index < -0.39 is 28.1 Å². The molecule has 1 fully saturated rings. The van der Waals surface area contributed by atoms with Crippen LogP contribution in [0.15, 0.2) is 18.7 Å². The summed E-state index contributed by atoms with van der Waals surface area (Å²) in [6.45, 7) is 0.889. The molecule has 37 heavy (non-hydrogen) atoms. The van der Waals surface area contributed by atoms with Gasteiger partial charge in [0.25, 0.3) is 0 Å². The summed E-state index contributed by atoms with van der Waals surface area (Å²) in [5.74, 6) is -0.139. The van der Waals surface area contributed by atoms with Gasteiger partial charge in [0.15, 0.2) is 11.5 Å². The topological polar surface area (TPSA) is 156 Å². The molecule has 0 amide bonds. The summed E-state index contributed by atoms with van der Waals surface area (Å²) in [5, 5.41) is 7.44. The number of alkyl halides is 1. The smallest absolute Gasteiger partial charge is 0.245 e. The molecule has 0 aliphatic heterocycles. The first-order valence-corrected chi connectivity index (χ1v) is 13.1. The Morgan fingerprint density at radius 1 is 1.11 bits per heavy atom. The van der Waals surface area contributed by atoms with Crippen molar-refractivity contribution in [2.45, 2.75) is 37.0 Å². The lowest BCUT2D eigenvalue weighted by molar-refractivity contribution is 0.0950. The number of methoxy groups -OCH3 is 3. The number of aromatic nitrogens is 7. The van der Waals surface area contributed by atoms with Crippen molar-refractivity contribution < 1.29 is 27.0 Å². The predicted octanol–water partition coefficient (Wildman–Crippen LogP) is 2.50. The molecule has 0 saturated heterocycles. The quantitative estimate of drug-likeness (QED) is 0.370. The maximum Gasteiger partial charge on any atom is 0.245 e. The lowest BCUT2D eigenvalue weighted by atomic mass is 9.74. The number of nitrogens with zero attached hydrogens (tertiary/aromatic N) is 7. The van der Waals surface area contributed by atoms with Gasteiger partial charge in [-0.1, -0.05) is 11.6 Å². The molecule has 16 heteroatoms. The second kappa shape index (κ2) is 11.1. The molecule has 1 N–H and O–H groups in total.